The molecule has 2 rings (SSSR count). The van der Waals surface area contributed by atoms with Crippen molar-refractivity contribution in [3.05, 3.63) is 35.9 Å². The van der Waals surface area contributed by atoms with Gasteiger partial charge in [-0.15, -0.1) is 0 Å². The molecular formula is C15H23NO. The topological polar surface area (TPSA) is 23.5 Å². The van der Waals surface area contributed by atoms with E-state index < -0.39 is 0 Å². The van der Waals surface area contributed by atoms with Crippen LogP contribution in [0.15, 0.2) is 30.3 Å². The summed E-state index contributed by atoms with van der Waals surface area (Å²) in [5.41, 5.74) is 1.35. The Kier molecular flexibility index (Phi) is 4.19. The van der Waals surface area contributed by atoms with E-state index in [4.69, 9.17) is 0 Å². The van der Waals surface area contributed by atoms with Gasteiger partial charge in [-0.3, -0.25) is 4.90 Å². The third-order valence-electron chi connectivity index (χ3n) is 3.61. The highest BCUT2D eigenvalue weighted by atomic mass is 16.3. The Balaban J connectivity index is 2.07. The predicted molar refractivity (Wildman–Crippen MR) is 70.7 cm³/mol. The van der Waals surface area contributed by atoms with Gasteiger partial charge in [0.1, 0.15) is 0 Å². The van der Waals surface area contributed by atoms with E-state index in [-0.39, 0.29) is 6.61 Å². The van der Waals surface area contributed by atoms with Gasteiger partial charge in [-0.05, 0) is 24.3 Å². The van der Waals surface area contributed by atoms with Crippen LogP contribution in [0.5, 0.6) is 0 Å². The number of nitrogens with zero attached hydrogens (tertiary/aromatic N) is 1. The minimum atomic E-state index is 0.265. The van der Waals surface area contributed by atoms with Crippen molar-refractivity contribution in [1.29, 1.82) is 0 Å². The van der Waals surface area contributed by atoms with Gasteiger partial charge in [0.15, 0.2) is 0 Å². The van der Waals surface area contributed by atoms with Crippen LogP contribution in [-0.4, -0.2) is 28.7 Å². The molecule has 0 radical (unpaired) electrons. The molecule has 2 nitrogen and oxygen atoms in total. The Labute approximate surface area is 104 Å². The monoisotopic (exact) mass is 233 g/mol. The fourth-order valence-electron chi connectivity index (χ4n) is 2.42. The van der Waals surface area contributed by atoms with Crippen molar-refractivity contribution in [1.82, 2.24) is 4.90 Å². The second-order valence-electron chi connectivity index (χ2n) is 5.38. The van der Waals surface area contributed by atoms with Crippen LogP contribution in [0.1, 0.15) is 32.3 Å². The summed E-state index contributed by atoms with van der Waals surface area (Å²) >= 11 is 0. The van der Waals surface area contributed by atoms with Gasteiger partial charge in [0.25, 0.3) is 0 Å². The summed E-state index contributed by atoms with van der Waals surface area (Å²) < 4.78 is 0. The summed E-state index contributed by atoms with van der Waals surface area (Å²) in [6.07, 6.45) is 2.58. The van der Waals surface area contributed by atoms with Crippen LogP contribution in [0.25, 0.3) is 0 Å². The molecule has 1 atom stereocenters. The molecular weight excluding hydrogens is 210 g/mol. The molecule has 1 aliphatic carbocycles. The SMILES string of the molecule is CC(C)[C@@H](CO)N(Cc1ccccc1)C1CC1. The van der Waals surface area contributed by atoms with Crippen LogP contribution in [0, 0.1) is 5.92 Å². The van der Waals surface area contributed by atoms with Gasteiger partial charge < -0.3 is 5.11 Å². The van der Waals surface area contributed by atoms with Gasteiger partial charge in [-0.1, -0.05) is 44.2 Å². The van der Waals surface area contributed by atoms with Gasteiger partial charge >= 0.3 is 0 Å². The molecule has 0 aromatic heterocycles. The molecule has 1 fully saturated rings. The Morgan fingerprint density at radius 2 is 1.88 bits per heavy atom. The molecule has 17 heavy (non-hydrogen) atoms. The van der Waals surface area contributed by atoms with Crippen LogP contribution >= 0.6 is 0 Å². The summed E-state index contributed by atoms with van der Waals surface area (Å²) in [5, 5.41) is 9.58. The van der Waals surface area contributed by atoms with Crippen molar-refractivity contribution >= 4 is 0 Å². The van der Waals surface area contributed by atoms with Crippen LogP contribution in [0.3, 0.4) is 0 Å². The molecule has 1 saturated carbocycles. The predicted octanol–water partition coefficient (Wildman–Crippen LogP) is 2.67. The summed E-state index contributed by atoms with van der Waals surface area (Å²) in [5.74, 6) is 0.504. The van der Waals surface area contributed by atoms with Gasteiger partial charge in [-0.25, -0.2) is 0 Å². The lowest BCUT2D eigenvalue weighted by Gasteiger charge is -2.33. The smallest absolute Gasteiger partial charge is 0.0589 e. The molecule has 0 unspecified atom stereocenters. The highest BCUT2D eigenvalue weighted by Crippen LogP contribution is 2.32. The van der Waals surface area contributed by atoms with Gasteiger partial charge in [-0.2, -0.15) is 0 Å². The first kappa shape index (κ1) is 12.6. The molecule has 0 bridgehead atoms. The Bertz CT molecular complexity index is 332. The Morgan fingerprint density at radius 3 is 2.35 bits per heavy atom. The fourth-order valence-corrected chi connectivity index (χ4v) is 2.42. The van der Waals surface area contributed by atoms with E-state index in [2.05, 4.69) is 49.1 Å². The molecule has 1 aliphatic rings. The minimum Gasteiger partial charge on any atom is -0.395 e. The van der Waals surface area contributed by atoms with E-state index in [1.165, 1.54) is 18.4 Å². The number of aliphatic hydroxyl groups is 1. The van der Waals surface area contributed by atoms with Crippen molar-refractivity contribution in [3.63, 3.8) is 0 Å². The van der Waals surface area contributed by atoms with Gasteiger partial charge in [0, 0.05) is 18.6 Å². The molecule has 0 spiro atoms. The normalized spacial score (nSPS) is 17.7. The maximum Gasteiger partial charge on any atom is 0.0589 e. The maximum atomic E-state index is 9.58. The second-order valence-corrected chi connectivity index (χ2v) is 5.38. The number of aliphatic hydroxyl groups excluding tert-OH is 1. The highest BCUT2D eigenvalue weighted by molar-refractivity contribution is 5.15. The Hall–Kier alpha value is -0.860. The summed E-state index contributed by atoms with van der Waals surface area (Å²) in [4.78, 5) is 2.49. The quantitative estimate of drug-likeness (QED) is 0.816. The van der Waals surface area contributed by atoms with Gasteiger partial charge in [0.2, 0.25) is 0 Å². The van der Waals surface area contributed by atoms with Crippen molar-refractivity contribution < 1.29 is 5.11 Å². The number of hydrogen-bond acceptors (Lipinski definition) is 2. The first-order chi connectivity index (χ1) is 8.22. The van der Waals surface area contributed by atoms with Crippen molar-refractivity contribution in [2.45, 2.75) is 45.3 Å². The zero-order valence-electron chi connectivity index (χ0n) is 10.8. The van der Waals surface area contributed by atoms with E-state index >= 15 is 0 Å². The average Bonchev–Trinajstić information content (AvgIpc) is 3.13. The van der Waals surface area contributed by atoms with E-state index in [9.17, 15) is 5.11 Å². The molecule has 0 aliphatic heterocycles. The van der Waals surface area contributed by atoms with Crippen LogP contribution in [0.2, 0.25) is 0 Å². The number of rotatable bonds is 6. The highest BCUT2D eigenvalue weighted by Gasteiger charge is 2.34. The van der Waals surface area contributed by atoms with Crippen molar-refractivity contribution in [3.8, 4) is 0 Å². The molecule has 1 aromatic carbocycles. The molecule has 2 heteroatoms. The molecule has 0 heterocycles. The van der Waals surface area contributed by atoms with E-state index in [1.54, 1.807) is 0 Å². The van der Waals surface area contributed by atoms with Crippen LogP contribution in [-0.2, 0) is 6.54 Å². The third kappa shape index (κ3) is 3.30. The zero-order valence-corrected chi connectivity index (χ0v) is 10.8. The average molecular weight is 233 g/mol. The molecule has 94 valence electrons. The number of benzene rings is 1. The second kappa shape index (κ2) is 5.65. The van der Waals surface area contributed by atoms with Crippen LogP contribution in [0.4, 0.5) is 0 Å². The largest absolute Gasteiger partial charge is 0.395 e. The minimum absolute atomic E-state index is 0.265. The van der Waals surface area contributed by atoms with E-state index in [1.807, 2.05) is 0 Å². The van der Waals surface area contributed by atoms with Crippen molar-refractivity contribution in [2.75, 3.05) is 6.61 Å². The first-order valence-electron chi connectivity index (χ1n) is 6.63. The Morgan fingerprint density at radius 1 is 1.24 bits per heavy atom. The molecule has 0 saturated heterocycles. The lowest BCUT2D eigenvalue weighted by Crippen LogP contribution is -2.42. The summed E-state index contributed by atoms with van der Waals surface area (Å²) in [7, 11) is 0. The van der Waals surface area contributed by atoms with Crippen molar-refractivity contribution in [2.24, 2.45) is 5.92 Å². The van der Waals surface area contributed by atoms with Crippen LogP contribution < -0.4 is 0 Å². The lowest BCUT2D eigenvalue weighted by atomic mass is 10.0. The molecule has 0 amide bonds. The standard InChI is InChI=1S/C15H23NO/c1-12(2)15(11-17)16(14-8-9-14)10-13-6-4-3-5-7-13/h3-7,12,14-15,17H,8-11H2,1-2H3/t15-/m1/s1. The summed E-state index contributed by atoms with van der Waals surface area (Å²) in [6, 6.07) is 11.6. The fraction of sp³-hybridized carbons (Fsp3) is 0.600. The zero-order chi connectivity index (χ0) is 12.3. The maximum absolute atomic E-state index is 9.58. The molecule has 1 N–H and O–H groups in total. The van der Waals surface area contributed by atoms with E-state index in [0.717, 1.165) is 6.54 Å². The third-order valence-corrected chi connectivity index (χ3v) is 3.61. The first-order valence-corrected chi connectivity index (χ1v) is 6.63. The van der Waals surface area contributed by atoms with Gasteiger partial charge in [0.05, 0.1) is 6.61 Å². The molecule has 1 aromatic rings. The lowest BCUT2D eigenvalue weighted by molar-refractivity contribution is 0.0779. The number of hydrogen-bond donors (Lipinski definition) is 1. The summed E-state index contributed by atoms with van der Waals surface area (Å²) in [6.45, 7) is 5.62. The van der Waals surface area contributed by atoms with E-state index in [0.29, 0.717) is 18.0 Å².